The lowest BCUT2D eigenvalue weighted by molar-refractivity contribution is -0.111. The van der Waals surface area contributed by atoms with Gasteiger partial charge in [-0.15, -0.1) is 6.58 Å². The average molecular weight is 212 g/mol. The number of allylic oxidation sites excluding steroid dienone is 3. The molecular formula is C14H12O2. The van der Waals surface area contributed by atoms with E-state index in [4.69, 9.17) is 0 Å². The van der Waals surface area contributed by atoms with Gasteiger partial charge in [0, 0.05) is 11.1 Å². The van der Waals surface area contributed by atoms with Crippen LogP contribution in [0.3, 0.4) is 0 Å². The van der Waals surface area contributed by atoms with Crippen molar-refractivity contribution in [3.05, 3.63) is 53.6 Å². The third-order valence-corrected chi connectivity index (χ3v) is 2.84. The highest BCUT2D eigenvalue weighted by Crippen LogP contribution is 2.31. The molecule has 16 heavy (non-hydrogen) atoms. The Bertz CT molecular complexity index is 521. The van der Waals surface area contributed by atoms with Crippen LogP contribution in [0.2, 0.25) is 0 Å². The van der Waals surface area contributed by atoms with Crippen LogP contribution in [0.4, 0.5) is 0 Å². The van der Waals surface area contributed by atoms with Crippen molar-refractivity contribution in [3.63, 3.8) is 0 Å². The van der Waals surface area contributed by atoms with Crippen LogP contribution in [-0.4, -0.2) is 11.6 Å². The Morgan fingerprint density at radius 2 is 1.75 bits per heavy atom. The molecule has 0 saturated carbocycles. The lowest BCUT2D eigenvalue weighted by Gasteiger charge is -2.18. The first-order chi connectivity index (χ1) is 7.66. The summed E-state index contributed by atoms with van der Waals surface area (Å²) in [6.07, 6.45) is 2.36. The number of ketones is 2. The normalized spacial score (nSPS) is 15.1. The summed E-state index contributed by atoms with van der Waals surface area (Å²) >= 11 is 0. The van der Waals surface area contributed by atoms with E-state index in [2.05, 4.69) is 6.58 Å². The molecule has 2 nitrogen and oxygen atoms in total. The second-order valence-electron chi connectivity index (χ2n) is 3.80. The monoisotopic (exact) mass is 212 g/mol. The van der Waals surface area contributed by atoms with E-state index in [1.54, 1.807) is 25.1 Å². The zero-order valence-corrected chi connectivity index (χ0v) is 9.12. The molecule has 0 N–H and O–H groups in total. The summed E-state index contributed by atoms with van der Waals surface area (Å²) in [5, 5.41) is 0. The van der Waals surface area contributed by atoms with Crippen LogP contribution in [0.1, 0.15) is 29.3 Å². The van der Waals surface area contributed by atoms with Crippen molar-refractivity contribution < 1.29 is 9.59 Å². The van der Waals surface area contributed by atoms with Crippen LogP contribution in [0.25, 0.3) is 5.57 Å². The first-order valence-electron chi connectivity index (χ1n) is 5.16. The molecule has 0 radical (unpaired) electrons. The summed E-state index contributed by atoms with van der Waals surface area (Å²) in [5.41, 5.74) is 2.83. The van der Waals surface area contributed by atoms with Crippen LogP contribution in [0, 0.1) is 0 Å². The van der Waals surface area contributed by atoms with E-state index in [9.17, 15) is 9.59 Å². The average Bonchev–Trinajstić information content (AvgIpc) is 2.32. The molecule has 80 valence electrons. The molecule has 1 aliphatic rings. The van der Waals surface area contributed by atoms with Crippen molar-refractivity contribution in [1.29, 1.82) is 0 Å². The van der Waals surface area contributed by atoms with E-state index in [-0.39, 0.29) is 0 Å². The van der Waals surface area contributed by atoms with Crippen LogP contribution in [0.15, 0.2) is 42.5 Å². The van der Waals surface area contributed by atoms with Gasteiger partial charge in [-0.3, -0.25) is 9.59 Å². The number of carbonyl (C=O) groups excluding carboxylic acids is 2. The zero-order chi connectivity index (χ0) is 11.7. The topological polar surface area (TPSA) is 34.1 Å². The Morgan fingerprint density at radius 3 is 2.38 bits per heavy atom. The highest BCUT2D eigenvalue weighted by Gasteiger charge is 2.28. The Balaban J connectivity index is 2.70. The summed E-state index contributed by atoms with van der Waals surface area (Å²) in [7, 11) is 0. The van der Waals surface area contributed by atoms with E-state index in [0.29, 0.717) is 17.6 Å². The third kappa shape index (κ3) is 1.43. The van der Waals surface area contributed by atoms with Crippen molar-refractivity contribution in [2.45, 2.75) is 13.3 Å². The predicted molar refractivity (Wildman–Crippen MR) is 63.2 cm³/mol. The molecule has 0 aromatic heterocycles. The SMILES string of the molecule is C=CCC1=C(C)C(=O)C(=O)c2ccccc21. The van der Waals surface area contributed by atoms with Gasteiger partial charge in [0.25, 0.3) is 0 Å². The van der Waals surface area contributed by atoms with E-state index in [1.807, 2.05) is 12.1 Å². The molecule has 0 bridgehead atoms. The van der Waals surface area contributed by atoms with Gasteiger partial charge in [0.2, 0.25) is 11.6 Å². The highest BCUT2D eigenvalue weighted by molar-refractivity contribution is 6.52. The van der Waals surface area contributed by atoms with Crippen molar-refractivity contribution in [1.82, 2.24) is 0 Å². The summed E-state index contributed by atoms with van der Waals surface area (Å²) in [6.45, 7) is 5.38. The molecule has 0 heterocycles. The first-order valence-corrected chi connectivity index (χ1v) is 5.16. The van der Waals surface area contributed by atoms with E-state index in [1.165, 1.54) is 0 Å². The van der Waals surface area contributed by atoms with Gasteiger partial charge < -0.3 is 0 Å². The maximum absolute atomic E-state index is 11.8. The predicted octanol–water partition coefficient (Wildman–Crippen LogP) is 2.80. The summed E-state index contributed by atoms with van der Waals surface area (Å²) in [5.74, 6) is -0.795. The number of carbonyl (C=O) groups is 2. The van der Waals surface area contributed by atoms with E-state index >= 15 is 0 Å². The van der Waals surface area contributed by atoms with Crippen molar-refractivity contribution in [2.24, 2.45) is 0 Å². The fraction of sp³-hybridized carbons (Fsp3) is 0.143. The van der Waals surface area contributed by atoms with E-state index in [0.717, 1.165) is 11.1 Å². The molecule has 0 saturated heterocycles. The Kier molecular flexibility index (Phi) is 2.57. The van der Waals surface area contributed by atoms with Gasteiger partial charge in [0.1, 0.15) is 0 Å². The number of rotatable bonds is 2. The van der Waals surface area contributed by atoms with Crippen molar-refractivity contribution in [2.75, 3.05) is 0 Å². The Labute approximate surface area is 94.3 Å². The van der Waals surface area contributed by atoms with Gasteiger partial charge in [0.15, 0.2) is 0 Å². The lowest BCUT2D eigenvalue weighted by atomic mass is 9.83. The molecular weight excluding hydrogens is 200 g/mol. The van der Waals surface area contributed by atoms with Gasteiger partial charge in [-0.1, -0.05) is 30.3 Å². The Hall–Kier alpha value is -1.96. The Morgan fingerprint density at radius 1 is 1.12 bits per heavy atom. The lowest BCUT2D eigenvalue weighted by Crippen LogP contribution is -2.22. The highest BCUT2D eigenvalue weighted by atomic mass is 16.2. The summed E-state index contributed by atoms with van der Waals surface area (Å²) < 4.78 is 0. The number of hydrogen-bond acceptors (Lipinski definition) is 2. The van der Waals surface area contributed by atoms with Crippen molar-refractivity contribution >= 4 is 17.1 Å². The van der Waals surface area contributed by atoms with Crippen LogP contribution < -0.4 is 0 Å². The summed E-state index contributed by atoms with van der Waals surface area (Å²) in [4.78, 5) is 23.5. The first kappa shape index (κ1) is 10.6. The smallest absolute Gasteiger partial charge is 0.233 e. The quantitative estimate of drug-likeness (QED) is 0.558. The van der Waals surface area contributed by atoms with Crippen LogP contribution in [-0.2, 0) is 4.79 Å². The maximum atomic E-state index is 11.8. The summed E-state index contributed by atoms with van der Waals surface area (Å²) in [6, 6.07) is 7.22. The molecule has 0 atom stereocenters. The maximum Gasteiger partial charge on any atom is 0.233 e. The fourth-order valence-electron chi connectivity index (χ4n) is 1.98. The van der Waals surface area contributed by atoms with E-state index < -0.39 is 11.6 Å². The number of fused-ring (bicyclic) bond motifs is 1. The zero-order valence-electron chi connectivity index (χ0n) is 9.12. The van der Waals surface area contributed by atoms with Gasteiger partial charge >= 0.3 is 0 Å². The number of hydrogen-bond donors (Lipinski definition) is 0. The molecule has 0 spiro atoms. The minimum atomic E-state index is -0.402. The van der Waals surface area contributed by atoms with Gasteiger partial charge in [-0.05, 0) is 24.5 Å². The molecule has 1 aromatic rings. The molecule has 0 unspecified atom stereocenters. The van der Waals surface area contributed by atoms with Gasteiger partial charge in [0.05, 0.1) is 0 Å². The van der Waals surface area contributed by atoms with Crippen LogP contribution >= 0.6 is 0 Å². The second kappa shape index (κ2) is 3.89. The third-order valence-electron chi connectivity index (χ3n) is 2.84. The largest absolute Gasteiger partial charge is 0.285 e. The molecule has 2 rings (SSSR count). The molecule has 0 fully saturated rings. The molecule has 0 aliphatic heterocycles. The standard InChI is InChI=1S/C14H12O2/c1-3-6-10-9(2)13(15)14(16)12-8-5-4-7-11(10)12/h3-5,7-8H,1,6H2,2H3. The molecule has 2 heteroatoms. The molecule has 1 aromatic carbocycles. The second-order valence-corrected chi connectivity index (χ2v) is 3.80. The van der Waals surface area contributed by atoms with Gasteiger partial charge in [-0.25, -0.2) is 0 Å². The van der Waals surface area contributed by atoms with Crippen LogP contribution in [0.5, 0.6) is 0 Å². The minimum absolute atomic E-state index is 0.393. The van der Waals surface area contributed by atoms with Crippen molar-refractivity contribution in [3.8, 4) is 0 Å². The fourth-order valence-corrected chi connectivity index (χ4v) is 1.98. The minimum Gasteiger partial charge on any atom is -0.285 e. The molecule has 0 amide bonds. The molecule has 1 aliphatic carbocycles. The van der Waals surface area contributed by atoms with Gasteiger partial charge in [-0.2, -0.15) is 0 Å². The number of Topliss-reactive ketones (excluding diaryl/α,β-unsaturated/α-hetero) is 2. The number of benzene rings is 1.